The normalized spacial score (nSPS) is 11.1. The van der Waals surface area contributed by atoms with Crippen molar-refractivity contribution in [1.29, 1.82) is 0 Å². The molecule has 3 N–H and O–H groups in total. The molecule has 17 heavy (non-hydrogen) atoms. The molecule has 0 saturated heterocycles. The molecule has 0 aliphatic rings. The Morgan fingerprint density at radius 2 is 2.12 bits per heavy atom. The molecule has 0 aromatic heterocycles. The van der Waals surface area contributed by atoms with Gasteiger partial charge in [0.2, 0.25) is 5.91 Å². The zero-order chi connectivity index (χ0) is 13.2. The van der Waals surface area contributed by atoms with Gasteiger partial charge >= 0.3 is 0 Å². The number of anilines is 1. The monoisotopic (exact) mass is 257 g/mol. The number of nitrogens with two attached hydrogens (primary N) is 1. The molecule has 1 amide bonds. The van der Waals surface area contributed by atoms with Crippen LogP contribution in [0.15, 0.2) is 18.2 Å². The van der Waals surface area contributed by atoms with E-state index >= 15 is 0 Å². The van der Waals surface area contributed by atoms with E-state index in [1.54, 1.807) is 13.8 Å². The lowest BCUT2D eigenvalue weighted by Crippen LogP contribution is -2.45. The summed E-state index contributed by atoms with van der Waals surface area (Å²) in [6, 6.07) is 3.79. The van der Waals surface area contributed by atoms with Crippen molar-refractivity contribution in [3.63, 3.8) is 0 Å². The Kier molecular flexibility index (Phi) is 3.69. The van der Waals surface area contributed by atoms with E-state index in [0.717, 1.165) is 0 Å². The molecule has 0 aliphatic carbocycles. The molecule has 0 saturated carbocycles. The Labute approximate surface area is 103 Å². The zero-order valence-electron chi connectivity index (χ0n) is 9.36. The number of non-ortho nitro benzene ring substituents is 1. The minimum absolute atomic E-state index is 0.0943. The number of rotatable bonds is 3. The predicted molar refractivity (Wildman–Crippen MR) is 65.0 cm³/mol. The van der Waals surface area contributed by atoms with Gasteiger partial charge in [-0.25, -0.2) is 0 Å². The lowest BCUT2D eigenvalue weighted by molar-refractivity contribution is -0.384. The average molecular weight is 258 g/mol. The van der Waals surface area contributed by atoms with Gasteiger partial charge in [-0.05, 0) is 19.9 Å². The number of hydrogen-bond acceptors (Lipinski definition) is 4. The van der Waals surface area contributed by atoms with Crippen molar-refractivity contribution in [2.45, 2.75) is 19.4 Å². The number of benzene rings is 1. The molecular weight excluding hydrogens is 246 g/mol. The zero-order valence-corrected chi connectivity index (χ0v) is 10.1. The number of halogens is 1. The van der Waals surface area contributed by atoms with E-state index < -0.39 is 16.4 Å². The molecule has 0 unspecified atom stereocenters. The summed E-state index contributed by atoms with van der Waals surface area (Å²) in [5.41, 5.74) is 4.69. The van der Waals surface area contributed by atoms with Crippen LogP contribution in [0.2, 0.25) is 5.02 Å². The third-order valence-corrected chi connectivity index (χ3v) is 2.31. The number of carbonyl (C=O) groups excluding carboxylic acids is 1. The van der Waals surface area contributed by atoms with E-state index in [0.29, 0.717) is 5.69 Å². The maximum atomic E-state index is 11.6. The van der Waals surface area contributed by atoms with E-state index in [-0.39, 0.29) is 10.7 Å². The Balaban J connectivity index is 2.95. The van der Waals surface area contributed by atoms with E-state index in [1.165, 1.54) is 18.2 Å². The fourth-order valence-corrected chi connectivity index (χ4v) is 1.22. The first-order valence-electron chi connectivity index (χ1n) is 4.76. The number of amides is 1. The van der Waals surface area contributed by atoms with Gasteiger partial charge in [-0.15, -0.1) is 0 Å². The average Bonchev–Trinajstić information content (AvgIpc) is 2.19. The van der Waals surface area contributed by atoms with Gasteiger partial charge in [0, 0.05) is 12.1 Å². The molecule has 0 heterocycles. The third-order valence-electron chi connectivity index (χ3n) is 2.00. The van der Waals surface area contributed by atoms with Crippen molar-refractivity contribution in [2.75, 3.05) is 5.32 Å². The Morgan fingerprint density at radius 1 is 1.53 bits per heavy atom. The highest BCUT2D eigenvalue weighted by molar-refractivity contribution is 6.34. The molecule has 6 nitrogen and oxygen atoms in total. The second kappa shape index (κ2) is 4.68. The summed E-state index contributed by atoms with van der Waals surface area (Å²) in [5, 5.41) is 13.1. The second-order valence-corrected chi connectivity index (χ2v) is 4.50. The Morgan fingerprint density at radius 3 is 2.53 bits per heavy atom. The summed E-state index contributed by atoms with van der Waals surface area (Å²) < 4.78 is 0. The summed E-state index contributed by atoms with van der Waals surface area (Å²) in [7, 11) is 0. The number of nitrogens with zero attached hydrogens (tertiary/aromatic N) is 1. The van der Waals surface area contributed by atoms with Crippen molar-refractivity contribution >= 4 is 28.9 Å². The SMILES string of the molecule is CC(C)(N)C(=O)Nc1ccc([N+](=O)[O-])cc1Cl. The topological polar surface area (TPSA) is 98.3 Å². The largest absolute Gasteiger partial charge is 0.323 e. The Hall–Kier alpha value is -1.66. The lowest BCUT2D eigenvalue weighted by atomic mass is 10.1. The first-order valence-corrected chi connectivity index (χ1v) is 5.14. The molecule has 1 aromatic rings. The van der Waals surface area contributed by atoms with Gasteiger partial charge in [-0.1, -0.05) is 11.6 Å². The Bertz CT molecular complexity index is 468. The highest BCUT2D eigenvalue weighted by Crippen LogP contribution is 2.26. The number of carbonyl (C=O) groups is 1. The van der Waals surface area contributed by atoms with E-state index in [9.17, 15) is 14.9 Å². The smallest absolute Gasteiger partial charge is 0.271 e. The van der Waals surface area contributed by atoms with Crippen molar-refractivity contribution in [3.8, 4) is 0 Å². The molecule has 7 heteroatoms. The highest BCUT2D eigenvalue weighted by atomic mass is 35.5. The van der Waals surface area contributed by atoms with Gasteiger partial charge in [0.25, 0.3) is 5.69 Å². The molecule has 0 bridgehead atoms. The molecule has 0 spiro atoms. The van der Waals surface area contributed by atoms with Crippen LogP contribution >= 0.6 is 11.6 Å². The predicted octanol–water partition coefficient (Wildman–Crippen LogP) is 1.92. The van der Waals surface area contributed by atoms with Crippen LogP contribution in [0.5, 0.6) is 0 Å². The van der Waals surface area contributed by atoms with Crippen LogP contribution in [-0.4, -0.2) is 16.4 Å². The van der Waals surface area contributed by atoms with Crippen LogP contribution in [0.3, 0.4) is 0 Å². The number of nitrogens with one attached hydrogen (secondary N) is 1. The van der Waals surface area contributed by atoms with Crippen LogP contribution in [0.4, 0.5) is 11.4 Å². The van der Waals surface area contributed by atoms with Crippen LogP contribution < -0.4 is 11.1 Å². The summed E-state index contributed by atoms with van der Waals surface area (Å²) in [6.45, 7) is 3.09. The maximum absolute atomic E-state index is 11.6. The summed E-state index contributed by atoms with van der Waals surface area (Å²) in [6.07, 6.45) is 0. The molecule has 1 aromatic carbocycles. The second-order valence-electron chi connectivity index (χ2n) is 4.10. The van der Waals surface area contributed by atoms with Crippen molar-refractivity contribution in [3.05, 3.63) is 33.3 Å². The van der Waals surface area contributed by atoms with E-state index in [2.05, 4.69) is 5.32 Å². The molecule has 0 fully saturated rings. The van der Waals surface area contributed by atoms with Crippen molar-refractivity contribution < 1.29 is 9.72 Å². The molecule has 0 radical (unpaired) electrons. The van der Waals surface area contributed by atoms with Gasteiger partial charge in [0.15, 0.2) is 0 Å². The van der Waals surface area contributed by atoms with E-state index in [4.69, 9.17) is 17.3 Å². The van der Waals surface area contributed by atoms with Crippen LogP contribution in [0.1, 0.15) is 13.8 Å². The lowest BCUT2D eigenvalue weighted by Gasteiger charge is -2.18. The molecule has 0 aliphatic heterocycles. The highest BCUT2D eigenvalue weighted by Gasteiger charge is 2.23. The third kappa shape index (κ3) is 3.40. The van der Waals surface area contributed by atoms with Crippen LogP contribution in [0.25, 0.3) is 0 Å². The van der Waals surface area contributed by atoms with Gasteiger partial charge in [0.1, 0.15) is 0 Å². The molecule has 0 atom stereocenters. The van der Waals surface area contributed by atoms with Gasteiger partial charge < -0.3 is 11.1 Å². The fourth-order valence-electron chi connectivity index (χ4n) is 1.00. The minimum atomic E-state index is -1.05. The van der Waals surface area contributed by atoms with Gasteiger partial charge in [-0.3, -0.25) is 14.9 Å². The summed E-state index contributed by atoms with van der Waals surface area (Å²) in [5.74, 6) is -0.423. The van der Waals surface area contributed by atoms with Gasteiger partial charge in [0.05, 0.1) is 21.2 Å². The first kappa shape index (κ1) is 13.4. The fraction of sp³-hybridized carbons (Fsp3) is 0.300. The van der Waals surface area contributed by atoms with Crippen molar-refractivity contribution in [2.24, 2.45) is 5.73 Å². The molecule has 1 rings (SSSR count). The molecule has 92 valence electrons. The van der Waals surface area contributed by atoms with E-state index in [1.807, 2.05) is 0 Å². The maximum Gasteiger partial charge on any atom is 0.271 e. The van der Waals surface area contributed by atoms with Gasteiger partial charge in [-0.2, -0.15) is 0 Å². The first-order chi connectivity index (χ1) is 7.71. The van der Waals surface area contributed by atoms with Crippen LogP contribution in [0, 0.1) is 10.1 Å². The molecular formula is C10H12ClN3O3. The number of nitro groups is 1. The number of hydrogen-bond donors (Lipinski definition) is 2. The van der Waals surface area contributed by atoms with Crippen molar-refractivity contribution in [1.82, 2.24) is 0 Å². The summed E-state index contributed by atoms with van der Waals surface area (Å²) >= 11 is 5.81. The standard InChI is InChI=1S/C10H12ClN3O3/c1-10(2,12)9(15)13-8-4-3-6(14(16)17)5-7(8)11/h3-5H,12H2,1-2H3,(H,13,15). The number of nitro benzene ring substituents is 1. The summed E-state index contributed by atoms with van der Waals surface area (Å²) in [4.78, 5) is 21.5. The van der Waals surface area contributed by atoms with Crippen LogP contribution in [-0.2, 0) is 4.79 Å². The minimum Gasteiger partial charge on any atom is -0.323 e. The quantitative estimate of drug-likeness (QED) is 0.638.